The lowest BCUT2D eigenvalue weighted by molar-refractivity contribution is 0.708. The molecule has 0 saturated carbocycles. The number of nitrogens with zero attached hydrogens (tertiary/aromatic N) is 3. The van der Waals surface area contributed by atoms with Crippen LogP contribution in [0.15, 0.2) is 47.8 Å². The fraction of sp³-hybridized carbons (Fsp3) is 0.238. The molecule has 1 aromatic carbocycles. The molecule has 0 unspecified atom stereocenters. The second kappa shape index (κ2) is 5.95. The van der Waals surface area contributed by atoms with Crippen molar-refractivity contribution in [1.29, 1.82) is 0 Å². The summed E-state index contributed by atoms with van der Waals surface area (Å²) >= 11 is 1.70. The quantitative estimate of drug-likeness (QED) is 0.652. The van der Waals surface area contributed by atoms with E-state index in [9.17, 15) is 4.79 Å². The molecular formula is C21H21N3OS. The van der Waals surface area contributed by atoms with Crippen molar-refractivity contribution < 1.29 is 0 Å². The third-order valence-corrected chi connectivity index (χ3v) is 5.83. The zero-order valence-corrected chi connectivity index (χ0v) is 16.2. The molecule has 5 heteroatoms. The molecule has 132 valence electrons. The first kappa shape index (κ1) is 16.8. The van der Waals surface area contributed by atoms with Crippen LogP contribution in [0.3, 0.4) is 0 Å². The first-order chi connectivity index (χ1) is 12.4. The molecule has 3 aromatic rings. The molecule has 0 radical (unpaired) electrons. The fourth-order valence-corrected chi connectivity index (χ4v) is 4.44. The third-order valence-electron chi connectivity index (χ3n) is 4.71. The van der Waals surface area contributed by atoms with E-state index in [0.29, 0.717) is 11.4 Å². The number of benzene rings is 1. The molecule has 4 nitrogen and oxygen atoms in total. The standard InChI is InChI=1S/C21H21N3OS/c1-12(2)18-22-19-17(20(25)24(18)15-9-7-6-8-10-15)14(4)16-11-13(3)26-21(16)23(19)5/h6-12H,4H2,1-3,5H3. The molecule has 0 fully saturated rings. The Morgan fingerprint density at radius 3 is 2.54 bits per heavy atom. The van der Waals surface area contributed by atoms with Gasteiger partial charge in [-0.05, 0) is 30.7 Å². The van der Waals surface area contributed by atoms with Crippen LogP contribution in [-0.4, -0.2) is 16.6 Å². The van der Waals surface area contributed by atoms with E-state index in [0.717, 1.165) is 27.6 Å². The molecule has 0 atom stereocenters. The monoisotopic (exact) mass is 363 g/mol. The van der Waals surface area contributed by atoms with Crippen molar-refractivity contribution in [3.8, 4) is 5.69 Å². The molecule has 26 heavy (non-hydrogen) atoms. The Morgan fingerprint density at radius 2 is 1.88 bits per heavy atom. The van der Waals surface area contributed by atoms with Gasteiger partial charge < -0.3 is 4.90 Å². The number of hydrogen-bond donors (Lipinski definition) is 0. The summed E-state index contributed by atoms with van der Waals surface area (Å²) in [4.78, 5) is 21.7. The van der Waals surface area contributed by atoms with Crippen LogP contribution in [0.25, 0.3) is 11.3 Å². The Morgan fingerprint density at radius 1 is 1.19 bits per heavy atom. The van der Waals surface area contributed by atoms with Crippen LogP contribution in [0.5, 0.6) is 0 Å². The van der Waals surface area contributed by atoms with E-state index in [2.05, 4.69) is 33.4 Å². The van der Waals surface area contributed by atoms with Crippen molar-refractivity contribution in [3.05, 3.63) is 75.2 Å². The highest BCUT2D eigenvalue weighted by atomic mass is 32.1. The normalized spacial score (nSPS) is 13.1. The molecule has 4 rings (SSSR count). The number of fused-ring (bicyclic) bond motifs is 2. The maximum atomic E-state index is 13.6. The van der Waals surface area contributed by atoms with Gasteiger partial charge in [0.2, 0.25) is 0 Å². The first-order valence-electron chi connectivity index (χ1n) is 8.66. The highest BCUT2D eigenvalue weighted by Gasteiger charge is 2.31. The molecule has 0 amide bonds. The molecule has 0 saturated heterocycles. The van der Waals surface area contributed by atoms with E-state index in [1.807, 2.05) is 42.3 Å². The van der Waals surface area contributed by atoms with Crippen molar-refractivity contribution in [2.24, 2.45) is 0 Å². The average Bonchev–Trinajstić information content (AvgIpc) is 3.02. The topological polar surface area (TPSA) is 38.1 Å². The summed E-state index contributed by atoms with van der Waals surface area (Å²) in [5.74, 6) is 1.57. The minimum atomic E-state index is -0.0590. The van der Waals surface area contributed by atoms with Crippen molar-refractivity contribution in [2.75, 3.05) is 11.9 Å². The minimum Gasteiger partial charge on any atom is -0.320 e. The zero-order valence-electron chi connectivity index (χ0n) is 15.4. The molecule has 0 N–H and O–H groups in total. The number of aromatic nitrogens is 2. The number of thiophene rings is 1. The van der Waals surface area contributed by atoms with Gasteiger partial charge in [-0.15, -0.1) is 11.3 Å². The lowest BCUT2D eigenvalue weighted by Crippen LogP contribution is -2.32. The Labute approximate surface area is 157 Å². The third kappa shape index (κ3) is 2.35. The Kier molecular flexibility index (Phi) is 3.84. The van der Waals surface area contributed by atoms with Gasteiger partial charge in [0.1, 0.15) is 16.6 Å². The van der Waals surface area contributed by atoms with E-state index < -0.39 is 0 Å². The van der Waals surface area contributed by atoms with Crippen LogP contribution in [0.1, 0.15) is 41.6 Å². The van der Waals surface area contributed by atoms with Crippen molar-refractivity contribution >= 4 is 27.7 Å². The van der Waals surface area contributed by atoms with Crippen LogP contribution in [0.4, 0.5) is 10.8 Å². The van der Waals surface area contributed by atoms with Gasteiger partial charge in [-0.2, -0.15) is 0 Å². The van der Waals surface area contributed by atoms with Gasteiger partial charge >= 0.3 is 0 Å². The smallest absolute Gasteiger partial charge is 0.268 e. The van der Waals surface area contributed by atoms with Gasteiger partial charge in [0.15, 0.2) is 0 Å². The van der Waals surface area contributed by atoms with Gasteiger partial charge in [0.05, 0.1) is 11.3 Å². The first-order valence-corrected chi connectivity index (χ1v) is 9.48. The summed E-state index contributed by atoms with van der Waals surface area (Å²) in [6.45, 7) is 10.4. The summed E-state index contributed by atoms with van der Waals surface area (Å²) in [5.41, 5.74) is 3.15. The second-order valence-corrected chi connectivity index (χ2v) is 8.15. The molecule has 2 aromatic heterocycles. The second-order valence-electron chi connectivity index (χ2n) is 6.91. The van der Waals surface area contributed by atoms with Gasteiger partial charge in [-0.25, -0.2) is 4.98 Å². The number of hydrogen-bond acceptors (Lipinski definition) is 4. The van der Waals surface area contributed by atoms with E-state index in [1.54, 1.807) is 15.9 Å². The van der Waals surface area contributed by atoms with Gasteiger partial charge in [0, 0.05) is 23.4 Å². The summed E-state index contributed by atoms with van der Waals surface area (Å²) < 4.78 is 1.73. The van der Waals surface area contributed by atoms with E-state index in [-0.39, 0.29) is 11.5 Å². The number of aryl methyl sites for hydroxylation is 1. The average molecular weight is 363 g/mol. The minimum absolute atomic E-state index is 0.0590. The summed E-state index contributed by atoms with van der Waals surface area (Å²) in [7, 11) is 1.98. The summed E-state index contributed by atoms with van der Waals surface area (Å²) in [6, 6.07) is 11.8. The van der Waals surface area contributed by atoms with Gasteiger partial charge in [-0.3, -0.25) is 9.36 Å². The van der Waals surface area contributed by atoms with Crippen LogP contribution in [0.2, 0.25) is 0 Å². The highest BCUT2D eigenvalue weighted by molar-refractivity contribution is 7.16. The maximum absolute atomic E-state index is 13.6. The largest absolute Gasteiger partial charge is 0.320 e. The lowest BCUT2D eigenvalue weighted by atomic mass is 9.98. The van der Waals surface area contributed by atoms with Crippen LogP contribution >= 0.6 is 11.3 Å². The van der Waals surface area contributed by atoms with E-state index >= 15 is 0 Å². The van der Waals surface area contributed by atoms with E-state index in [4.69, 9.17) is 4.98 Å². The molecule has 1 aliphatic heterocycles. The molecule has 0 aliphatic carbocycles. The van der Waals surface area contributed by atoms with Crippen LogP contribution in [0, 0.1) is 6.92 Å². The Balaban J connectivity index is 2.06. The predicted molar refractivity (Wildman–Crippen MR) is 109 cm³/mol. The van der Waals surface area contributed by atoms with Gasteiger partial charge in [-0.1, -0.05) is 38.6 Å². The van der Waals surface area contributed by atoms with Crippen molar-refractivity contribution in [3.63, 3.8) is 0 Å². The van der Waals surface area contributed by atoms with Crippen LogP contribution < -0.4 is 10.5 Å². The molecule has 1 aliphatic rings. The van der Waals surface area contributed by atoms with E-state index in [1.165, 1.54) is 4.88 Å². The predicted octanol–water partition coefficient (Wildman–Crippen LogP) is 4.87. The SMILES string of the molecule is C=C1c2cc(C)sc2N(C)c2nc(C(C)C)n(-c3ccccc3)c(=O)c21. The highest BCUT2D eigenvalue weighted by Crippen LogP contribution is 2.45. The van der Waals surface area contributed by atoms with Crippen molar-refractivity contribution in [1.82, 2.24) is 9.55 Å². The molecule has 3 heterocycles. The van der Waals surface area contributed by atoms with Gasteiger partial charge in [0.25, 0.3) is 5.56 Å². The maximum Gasteiger partial charge on any atom is 0.268 e. The lowest BCUT2D eigenvalue weighted by Gasteiger charge is -2.29. The number of para-hydroxylation sites is 1. The van der Waals surface area contributed by atoms with Crippen LogP contribution in [-0.2, 0) is 0 Å². The Hall–Kier alpha value is -2.66. The van der Waals surface area contributed by atoms with Crippen molar-refractivity contribution in [2.45, 2.75) is 26.7 Å². The zero-order chi connectivity index (χ0) is 18.6. The molecular weight excluding hydrogens is 342 g/mol. The molecule has 0 bridgehead atoms. The summed E-state index contributed by atoms with van der Waals surface area (Å²) in [6.07, 6.45) is 0. The fourth-order valence-electron chi connectivity index (χ4n) is 3.44. The number of anilines is 2. The molecule has 0 spiro atoms. The number of rotatable bonds is 2. The summed E-state index contributed by atoms with van der Waals surface area (Å²) in [5, 5.41) is 1.10. The Bertz CT molecular complexity index is 1080.